The van der Waals surface area contributed by atoms with Crippen molar-refractivity contribution in [1.82, 2.24) is 9.97 Å². The summed E-state index contributed by atoms with van der Waals surface area (Å²) in [6, 6.07) is 13.3. The minimum atomic E-state index is -1.25. The fraction of sp³-hybridized carbons (Fsp3) is 0.143. The highest BCUT2D eigenvalue weighted by Gasteiger charge is 2.15. The number of aromatic nitrogens is 2. The maximum Gasteiger partial charge on any atom is 0.267 e. The van der Waals surface area contributed by atoms with Crippen molar-refractivity contribution in [3.05, 3.63) is 76.9 Å². The first-order valence-electron chi connectivity index (χ1n) is 8.65. The van der Waals surface area contributed by atoms with Gasteiger partial charge in [0.15, 0.2) is 11.5 Å². The van der Waals surface area contributed by atoms with Crippen LogP contribution in [0.1, 0.15) is 27.8 Å². The highest BCUT2D eigenvalue weighted by atomic mass is 16.5. The van der Waals surface area contributed by atoms with Crippen LogP contribution in [0.2, 0.25) is 0 Å². The van der Waals surface area contributed by atoms with E-state index < -0.39 is 18.6 Å². The van der Waals surface area contributed by atoms with Crippen molar-refractivity contribution >= 4 is 11.6 Å². The third kappa shape index (κ3) is 4.55. The van der Waals surface area contributed by atoms with Gasteiger partial charge in [0.05, 0.1) is 18.9 Å². The molecule has 1 aromatic heterocycles. The number of hydrogen-bond donors (Lipinski definition) is 3. The molecule has 3 rings (SSSR count). The maximum absolute atomic E-state index is 11.5. The van der Waals surface area contributed by atoms with E-state index in [1.807, 2.05) is 13.0 Å². The van der Waals surface area contributed by atoms with Gasteiger partial charge in [0, 0.05) is 5.56 Å². The lowest BCUT2D eigenvalue weighted by Crippen LogP contribution is -2.16. The van der Waals surface area contributed by atoms with Crippen molar-refractivity contribution < 1.29 is 19.7 Å². The molecule has 0 aliphatic heterocycles. The number of carbonyl (C=O) groups is 1. The molecule has 29 heavy (non-hydrogen) atoms. The fourth-order valence-corrected chi connectivity index (χ4v) is 2.57. The summed E-state index contributed by atoms with van der Waals surface area (Å²) >= 11 is 0. The summed E-state index contributed by atoms with van der Waals surface area (Å²) in [5.41, 5.74) is 7.29. The molecular formula is C21H18N4O4. The molecule has 8 heteroatoms. The van der Waals surface area contributed by atoms with Crippen LogP contribution in [0.25, 0.3) is 16.2 Å². The average Bonchev–Trinajstić information content (AvgIpc) is 2.74. The van der Waals surface area contributed by atoms with Crippen molar-refractivity contribution in [3.63, 3.8) is 0 Å². The zero-order chi connectivity index (χ0) is 21.0. The van der Waals surface area contributed by atoms with E-state index in [2.05, 4.69) is 14.8 Å². The normalized spacial score (nSPS) is 11.5. The summed E-state index contributed by atoms with van der Waals surface area (Å²) < 4.78 is 5.78. The van der Waals surface area contributed by atoms with E-state index in [1.165, 1.54) is 6.07 Å². The number of ether oxygens (including phenoxy) is 1. The average molecular weight is 390 g/mol. The van der Waals surface area contributed by atoms with Crippen molar-refractivity contribution in [1.29, 1.82) is 0 Å². The number of rotatable bonds is 6. The number of nitrogens with two attached hydrogens (primary N) is 1. The zero-order valence-corrected chi connectivity index (χ0v) is 15.5. The number of nitrogens with zero attached hydrogens (tertiary/aromatic N) is 3. The van der Waals surface area contributed by atoms with E-state index in [1.54, 1.807) is 36.4 Å². The maximum atomic E-state index is 11.5. The SMILES string of the molecule is [C-]#[N+]c1cc(Oc2ccc(-c3nc(C(N)=O)cc([C@H](O)CO)n3)cc2)ccc1C. The molecule has 0 radical (unpaired) electrons. The van der Waals surface area contributed by atoms with Crippen LogP contribution < -0.4 is 10.5 Å². The van der Waals surface area contributed by atoms with E-state index in [4.69, 9.17) is 22.1 Å². The molecule has 0 saturated carbocycles. The van der Waals surface area contributed by atoms with Gasteiger partial charge in [0.1, 0.15) is 23.3 Å². The number of benzene rings is 2. The third-order valence-corrected chi connectivity index (χ3v) is 4.16. The van der Waals surface area contributed by atoms with E-state index >= 15 is 0 Å². The van der Waals surface area contributed by atoms with Gasteiger partial charge in [0.25, 0.3) is 5.91 Å². The lowest BCUT2D eigenvalue weighted by molar-refractivity contribution is 0.0916. The Morgan fingerprint density at radius 2 is 1.86 bits per heavy atom. The largest absolute Gasteiger partial charge is 0.459 e. The third-order valence-electron chi connectivity index (χ3n) is 4.16. The Morgan fingerprint density at radius 1 is 1.17 bits per heavy atom. The Bertz CT molecular complexity index is 1090. The van der Waals surface area contributed by atoms with Crippen LogP contribution in [-0.4, -0.2) is 32.7 Å². The number of aryl methyl sites for hydroxylation is 1. The van der Waals surface area contributed by atoms with Gasteiger partial charge in [0.2, 0.25) is 0 Å². The molecule has 1 atom stereocenters. The second kappa shape index (κ2) is 8.48. The molecule has 3 aromatic rings. The van der Waals surface area contributed by atoms with Crippen molar-refractivity contribution in [3.8, 4) is 22.9 Å². The van der Waals surface area contributed by atoms with E-state index in [9.17, 15) is 9.90 Å². The highest BCUT2D eigenvalue weighted by molar-refractivity contribution is 5.91. The first-order valence-corrected chi connectivity index (χ1v) is 8.65. The van der Waals surface area contributed by atoms with Gasteiger partial charge in [-0.1, -0.05) is 6.07 Å². The van der Waals surface area contributed by atoms with Crippen LogP contribution in [-0.2, 0) is 0 Å². The minimum Gasteiger partial charge on any atom is -0.459 e. The van der Waals surface area contributed by atoms with Gasteiger partial charge in [-0.05, 0) is 55.0 Å². The molecule has 1 heterocycles. The lowest BCUT2D eigenvalue weighted by atomic mass is 10.1. The topological polar surface area (TPSA) is 123 Å². The molecule has 0 aliphatic carbocycles. The molecule has 146 valence electrons. The van der Waals surface area contributed by atoms with Gasteiger partial charge in [-0.25, -0.2) is 14.8 Å². The lowest BCUT2D eigenvalue weighted by Gasteiger charge is -2.11. The number of primary amides is 1. The first kappa shape index (κ1) is 19.9. The van der Waals surface area contributed by atoms with Gasteiger partial charge >= 0.3 is 0 Å². The Morgan fingerprint density at radius 3 is 2.48 bits per heavy atom. The second-order valence-electron chi connectivity index (χ2n) is 6.25. The van der Waals surface area contributed by atoms with Gasteiger partial charge in [-0.15, -0.1) is 0 Å². The molecular weight excluding hydrogens is 372 g/mol. The molecule has 0 saturated heterocycles. The van der Waals surface area contributed by atoms with Crippen LogP contribution >= 0.6 is 0 Å². The van der Waals surface area contributed by atoms with Crippen LogP contribution in [0.3, 0.4) is 0 Å². The first-order chi connectivity index (χ1) is 13.9. The van der Waals surface area contributed by atoms with E-state index in [0.29, 0.717) is 22.7 Å². The second-order valence-corrected chi connectivity index (χ2v) is 6.25. The molecule has 8 nitrogen and oxygen atoms in total. The number of aliphatic hydroxyl groups excluding tert-OH is 2. The van der Waals surface area contributed by atoms with Crippen molar-refractivity contribution in [2.24, 2.45) is 5.73 Å². The molecule has 0 spiro atoms. The van der Waals surface area contributed by atoms with Crippen LogP contribution in [0.5, 0.6) is 11.5 Å². The standard InChI is InChI=1S/C21H18N4O4/c1-12-3-6-15(9-16(12)23-2)29-14-7-4-13(5-8-14)21-24-17(19(27)11-26)10-18(25-21)20(22)28/h3-10,19,26-27H,11H2,1H3,(H2,22,28)/t19-/m1/s1. The summed E-state index contributed by atoms with van der Waals surface area (Å²) in [6.07, 6.45) is -1.25. The highest BCUT2D eigenvalue weighted by Crippen LogP contribution is 2.29. The Hall–Kier alpha value is -3.80. The van der Waals surface area contributed by atoms with E-state index in [0.717, 1.165) is 5.56 Å². The zero-order valence-electron chi connectivity index (χ0n) is 15.5. The van der Waals surface area contributed by atoms with Gasteiger partial charge in [-0.3, -0.25) is 4.79 Å². The predicted octanol–water partition coefficient (Wildman–Crippen LogP) is 2.92. The molecule has 0 unspecified atom stereocenters. The summed E-state index contributed by atoms with van der Waals surface area (Å²) in [6.45, 7) is 8.49. The van der Waals surface area contributed by atoms with Gasteiger partial charge < -0.3 is 20.7 Å². The smallest absolute Gasteiger partial charge is 0.267 e. The van der Waals surface area contributed by atoms with Crippen LogP contribution in [0.4, 0.5) is 5.69 Å². The van der Waals surface area contributed by atoms with E-state index in [-0.39, 0.29) is 17.2 Å². The van der Waals surface area contributed by atoms with Crippen LogP contribution in [0, 0.1) is 13.5 Å². The Kier molecular flexibility index (Phi) is 5.83. The monoisotopic (exact) mass is 390 g/mol. The summed E-state index contributed by atoms with van der Waals surface area (Å²) in [7, 11) is 0. The van der Waals surface area contributed by atoms with Gasteiger partial charge in [-0.2, -0.15) is 0 Å². The van der Waals surface area contributed by atoms with Crippen LogP contribution in [0.15, 0.2) is 48.5 Å². The molecule has 4 N–H and O–H groups in total. The molecule has 0 fully saturated rings. The number of hydrogen-bond acceptors (Lipinski definition) is 6. The quantitative estimate of drug-likeness (QED) is 0.556. The molecule has 2 aromatic carbocycles. The Labute approximate surface area is 167 Å². The molecule has 0 aliphatic rings. The van der Waals surface area contributed by atoms with Crippen molar-refractivity contribution in [2.45, 2.75) is 13.0 Å². The predicted molar refractivity (Wildman–Crippen MR) is 106 cm³/mol. The van der Waals surface area contributed by atoms with Crippen molar-refractivity contribution in [2.75, 3.05) is 6.61 Å². The summed E-state index contributed by atoms with van der Waals surface area (Å²) in [4.78, 5) is 23.3. The number of carbonyl (C=O) groups excluding carboxylic acids is 1. The fourth-order valence-electron chi connectivity index (χ4n) is 2.57. The molecule has 0 bridgehead atoms. The summed E-state index contributed by atoms with van der Waals surface area (Å²) in [5, 5.41) is 19.0. The number of aliphatic hydroxyl groups is 2. The molecule has 1 amide bonds. The minimum absolute atomic E-state index is 0.0656. The summed E-state index contributed by atoms with van der Waals surface area (Å²) in [5.74, 6) is 0.487. The number of amides is 1. The Balaban J connectivity index is 1.89.